The van der Waals surface area contributed by atoms with Crippen LogP contribution in [0.3, 0.4) is 0 Å². The van der Waals surface area contributed by atoms with Crippen LogP contribution in [0.1, 0.15) is 62.3 Å². The average molecular weight is 364 g/mol. The van der Waals surface area contributed by atoms with E-state index in [1.165, 1.54) is 0 Å². The van der Waals surface area contributed by atoms with Gasteiger partial charge in [0.1, 0.15) is 0 Å². The molecule has 0 aromatic rings. The lowest BCUT2D eigenvalue weighted by atomic mass is 10.0. The van der Waals surface area contributed by atoms with Crippen LogP contribution < -0.4 is 10.8 Å². The van der Waals surface area contributed by atoms with Gasteiger partial charge >= 0.3 is 0 Å². The molecular weight excluding hydrogens is 318 g/mol. The summed E-state index contributed by atoms with van der Waals surface area (Å²) >= 11 is 0. The predicted octanol–water partition coefficient (Wildman–Crippen LogP) is 1.65. The maximum Gasteiger partial charge on any atom is 0.285 e. The molecule has 0 unspecified atom stereocenters. The highest BCUT2D eigenvalue weighted by Crippen LogP contribution is 2.38. The fraction of sp³-hybridized carbons (Fsp3) is 1.00. The maximum absolute atomic E-state index is 6.55. The Morgan fingerprint density at radius 2 is 0.913 bits per heavy atom. The molecule has 0 heterocycles. The molecule has 0 aromatic carbocycles. The smallest absolute Gasteiger partial charge is 0.285 e. The van der Waals surface area contributed by atoms with E-state index in [9.17, 15) is 0 Å². The summed E-state index contributed by atoms with van der Waals surface area (Å²) in [5.41, 5.74) is -0.0253. The van der Waals surface area contributed by atoms with Gasteiger partial charge in [0, 0.05) is 11.1 Å². The Balaban J connectivity index is 0. The van der Waals surface area contributed by atoms with Crippen LogP contribution in [0, 0.1) is 0 Å². The monoisotopic (exact) mass is 363 g/mol. The quantitative estimate of drug-likeness (QED) is 0.747. The largest absolute Gasteiger partial charge is 0.326 e. The van der Waals surface area contributed by atoms with Crippen LogP contribution in [-0.4, -0.2) is 71.4 Å². The molecule has 0 atom stereocenters. The molecule has 0 aliphatic carbocycles. The Kier molecular flexibility index (Phi) is 9.47. The van der Waals surface area contributed by atoms with E-state index in [0.29, 0.717) is 0 Å². The van der Waals surface area contributed by atoms with Gasteiger partial charge in [-0.05, 0) is 74.8 Å². The van der Waals surface area contributed by atoms with Crippen molar-refractivity contribution in [3.05, 3.63) is 0 Å². The average Bonchev–Trinajstić information content (AvgIpc) is 2.06. The van der Waals surface area contributed by atoms with E-state index in [-0.39, 0.29) is 26.0 Å². The van der Waals surface area contributed by atoms with Gasteiger partial charge in [-0.25, -0.2) is 0 Å². The zero-order chi connectivity index (χ0) is 19.4. The van der Waals surface area contributed by atoms with Gasteiger partial charge in [-0.2, -0.15) is 0 Å². The maximum atomic E-state index is 6.55. The lowest BCUT2D eigenvalue weighted by Gasteiger charge is -2.56. The summed E-state index contributed by atoms with van der Waals surface area (Å²) in [6.45, 7) is 19.5. The molecule has 0 aromatic heterocycles. The van der Waals surface area contributed by atoms with Crippen LogP contribution in [0.4, 0.5) is 0 Å². The van der Waals surface area contributed by atoms with Crippen molar-refractivity contribution in [3.8, 4) is 0 Å². The summed E-state index contributed by atoms with van der Waals surface area (Å²) in [5, 5.41) is 13.1. The van der Waals surface area contributed by atoms with Crippen LogP contribution in [0.5, 0.6) is 0 Å². The van der Waals surface area contributed by atoms with Gasteiger partial charge in [0.2, 0.25) is 0 Å². The Bertz CT molecular complexity index is 316. The number of hydrogen-bond donors (Lipinski definition) is 2. The van der Waals surface area contributed by atoms with Crippen LogP contribution in [0.25, 0.3) is 0 Å². The third-order valence-electron chi connectivity index (χ3n) is 3.48. The number of rotatable bonds is 3. The zero-order valence-corrected chi connectivity index (χ0v) is 20.6. The van der Waals surface area contributed by atoms with E-state index in [1.807, 2.05) is 0 Å². The van der Waals surface area contributed by atoms with Gasteiger partial charge in [-0.3, -0.25) is 4.57 Å². The van der Waals surface area contributed by atoms with Crippen molar-refractivity contribution in [3.63, 3.8) is 0 Å². The van der Waals surface area contributed by atoms with Gasteiger partial charge in [0.05, 0.1) is 0 Å². The minimum Gasteiger partial charge on any atom is -0.326 e. The molecule has 0 amide bonds. The first-order chi connectivity index (χ1) is 9.74. The molecule has 142 valence electrons. The van der Waals surface area contributed by atoms with Crippen molar-refractivity contribution in [2.45, 2.75) is 78.4 Å². The molecule has 0 saturated carbocycles. The van der Waals surface area contributed by atoms with Gasteiger partial charge in [0.25, 0.3) is 8.56 Å². The summed E-state index contributed by atoms with van der Waals surface area (Å²) in [6.07, 6.45) is 0. The van der Waals surface area contributed by atoms with Crippen LogP contribution in [0.15, 0.2) is 0 Å². The molecule has 5 nitrogen and oxygen atoms in total. The van der Waals surface area contributed by atoms with Crippen molar-refractivity contribution in [1.29, 1.82) is 0 Å². The van der Waals surface area contributed by atoms with Crippen molar-refractivity contribution >= 4 is 18.4 Å². The summed E-state index contributed by atoms with van der Waals surface area (Å²) in [6, 6.07) is 0. The van der Waals surface area contributed by atoms with Crippen molar-refractivity contribution in [1.82, 2.24) is 13.7 Å². The summed E-state index contributed by atoms with van der Waals surface area (Å²) < 4.78 is 6.87. The van der Waals surface area contributed by atoms with Crippen LogP contribution in [-0.2, 0) is 0 Å². The fourth-order valence-corrected chi connectivity index (χ4v) is 7.04. The van der Waals surface area contributed by atoms with Crippen molar-refractivity contribution in [2.24, 2.45) is 10.8 Å². The molecule has 0 aliphatic rings. The summed E-state index contributed by atoms with van der Waals surface area (Å²) in [4.78, 5) is 0. The lowest BCUT2D eigenvalue weighted by Crippen LogP contribution is -2.81. The van der Waals surface area contributed by atoms with Crippen LogP contribution >= 0.6 is 0 Å². The number of hydrogen-bond acceptors (Lipinski definition) is 5. The highest BCUT2D eigenvalue weighted by molar-refractivity contribution is 6.74. The molecule has 0 fully saturated rings. The standard InChI is InChI=1S/C12H31N3Si.C4H14N2Si/c1-10(2,3)15(11(4,5)6)16(13,14)12(7,8)9;1-5(2)7-6(3)4/h13-14H2,1-9H3;7H2,1-4H3. The Morgan fingerprint density at radius 3 is 0.957 bits per heavy atom. The Labute approximate surface area is 150 Å². The normalized spacial score (nSPS) is 14.3. The minimum absolute atomic E-state index is 0.0126. The van der Waals surface area contributed by atoms with E-state index >= 15 is 0 Å². The van der Waals surface area contributed by atoms with E-state index in [1.54, 1.807) is 0 Å². The molecule has 0 aliphatic heterocycles. The highest BCUT2D eigenvalue weighted by Gasteiger charge is 2.52. The molecule has 7 heteroatoms. The van der Waals surface area contributed by atoms with E-state index in [0.717, 1.165) is 0 Å². The van der Waals surface area contributed by atoms with Crippen LogP contribution in [0.2, 0.25) is 5.04 Å². The lowest BCUT2D eigenvalue weighted by molar-refractivity contribution is 0.117. The Hall–Kier alpha value is 0.234. The molecule has 0 saturated heterocycles. The zero-order valence-electron chi connectivity index (χ0n) is 18.2. The first-order valence-electron chi connectivity index (χ1n) is 8.42. The summed E-state index contributed by atoms with van der Waals surface area (Å²) in [5.74, 6) is 0. The molecule has 0 spiro atoms. The first kappa shape index (κ1) is 25.5. The fourth-order valence-electron chi connectivity index (χ4n) is 3.02. The number of nitrogens with zero attached hydrogens (tertiary/aromatic N) is 3. The molecular formula is C16H45N5Si2. The predicted molar refractivity (Wildman–Crippen MR) is 111 cm³/mol. The summed E-state index contributed by atoms with van der Waals surface area (Å²) in [7, 11) is 5.94. The number of nitrogens with two attached hydrogens (primary N) is 2. The third-order valence-corrected chi connectivity index (χ3v) is 9.09. The highest BCUT2D eigenvalue weighted by atomic mass is 28.4. The molecule has 0 radical (unpaired) electrons. The topological polar surface area (TPSA) is 61.8 Å². The van der Waals surface area contributed by atoms with E-state index < -0.39 is 8.56 Å². The second-order valence-electron chi connectivity index (χ2n) is 10.1. The van der Waals surface area contributed by atoms with Crippen molar-refractivity contribution < 1.29 is 0 Å². The van der Waals surface area contributed by atoms with Gasteiger partial charge < -0.3 is 19.9 Å². The SMILES string of the molecule is CC(C)(C)N(C(C)(C)C)[Si](N)(N)C(C)(C)C.CN(C)[SiH2]N(C)C. The van der Waals surface area contributed by atoms with Crippen molar-refractivity contribution in [2.75, 3.05) is 28.2 Å². The molecule has 0 rings (SSSR count). The second-order valence-corrected chi connectivity index (χ2v) is 16.5. The van der Waals surface area contributed by atoms with Gasteiger partial charge in [-0.1, -0.05) is 20.8 Å². The first-order valence-corrected chi connectivity index (χ1v) is 11.8. The van der Waals surface area contributed by atoms with Gasteiger partial charge in [-0.15, -0.1) is 0 Å². The molecule has 23 heavy (non-hydrogen) atoms. The van der Waals surface area contributed by atoms with Gasteiger partial charge in [0.15, 0.2) is 9.84 Å². The second kappa shape index (κ2) is 8.55. The Morgan fingerprint density at radius 1 is 0.652 bits per heavy atom. The molecule has 4 N–H and O–H groups in total. The van der Waals surface area contributed by atoms with E-state index in [4.69, 9.17) is 10.8 Å². The van der Waals surface area contributed by atoms with E-state index in [2.05, 4.69) is 104 Å². The third kappa shape index (κ3) is 9.33. The molecule has 0 bridgehead atoms. The minimum atomic E-state index is -2.47.